The SMILES string of the molecule is COC[C@H](NC(=O)c1cccc2c1OCCO2)[C@@H]1CCCO1. The molecule has 2 aliphatic heterocycles. The lowest BCUT2D eigenvalue weighted by molar-refractivity contribution is 0.0401. The molecular formula is C16H21NO5. The average Bonchev–Trinajstić information content (AvgIpc) is 3.08. The molecule has 2 heterocycles. The number of para-hydroxylation sites is 1. The second kappa shape index (κ2) is 6.98. The third-order valence-electron chi connectivity index (χ3n) is 3.89. The molecule has 2 aliphatic rings. The quantitative estimate of drug-likeness (QED) is 0.890. The number of amides is 1. The van der Waals surface area contributed by atoms with E-state index in [2.05, 4.69) is 5.32 Å². The van der Waals surface area contributed by atoms with Gasteiger partial charge in [-0.25, -0.2) is 0 Å². The van der Waals surface area contributed by atoms with Crippen molar-refractivity contribution in [3.8, 4) is 11.5 Å². The first-order valence-electron chi connectivity index (χ1n) is 7.59. The molecule has 0 saturated carbocycles. The highest BCUT2D eigenvalue weighted by Crippen LogP contribution is 2.33. The third-order valence-corrected chi connectivity index (χ3v) is 3.89. The van der Waals surface area contributed by atoms with Crippen LogP contribution in [0.25, 0.3) is 0 Å². The number of ether oxygens (including phenoxy) is 4. The average molecular weight is 307 g/mol. The fourth-order valence-electron chi connectivity index (χ4n) is 2.84. The molecular weight excluding hydrogens is 286 g/mol. The first-order valence-corrected chi connectivity index (χ1v) is 7.59. The highest BCUT2D eigenvalue weighted by atomic mass is 16.6. The number of fused-ring (bicyclic) bond motifs is 1. The molecule has 3 rings (SSSR count). The molecule has 2 atom stereocenters. The van der Waals surface area contributed by atoms with Gasteiger partial charge in [-0.2, -0.15) is 0 Å². The number of benzene rings is 1. The van der Waals surface area contributed by atoms with Gasteiger partial charge in [0.15, 0.2) is 11.5 Å². The molecule has 1 N–H and O–H groups in total. The summed E-state index contributed by atoms with van der Waals surface area (Å²) in [7, 11) is 1.62. The lowest BCUT2D eigenvalue weighted by Crippen LogP contribution is -2.46. The van der Waals surface area contributed by atoms with Gasteiger partial charge in [0.2, 0.25) is 0 Å². The van der Waals surface area contributed by atoms with Crippen molar-refractivity contribution < 1.29 is 23.7 Å². The normalized spacial score (nSPS) is 21.4. The summed E-state index contributed by atoms with van der Waals surface area (Å²) in [4.78, 5) is 12.6. The van der Waals surface area contributed by atoms with Crippen LogP contribution in [0.5, 0.6) is 11.5 Å². The topological polar surface area (TPSA) is 66.0 Å². The number of nitrogens with one attached hydrogen (secondary N) is 1. The van der Waals surface area contributed by atoms with Crippen LogP contribution >= 0.6 is 0 Å². The number of hydrogen-bond donors (Lipinski definition) is 1. The van der Waals surface area contributed by atoms with E-state index in [1.807, 2.05) is 0 Å². The lowest BCUT2D eigenvalue weighted by Gasteiger charge is -2.25. The van der Waals surface area contributed by atoms with Gasteiger partial charge in [-0.3, -0.25) is 4.79 Å². The summed E-state index contributed by atoms with van der Waals surface area (Å²) in [6.45, 7) is 2.10. The van der Waals surface area contributed by atoms with Crippen molar-refractivity contribution in [3.05, 3.63) is 23.8 Å². The molecule has 1 aromatic rings. The zero-order chi connectivity index (χ0) is 15.4. The molecule has 6 heteroatoms. The maximum Gasteiger partial charge on any atom is 0.255 e. The molecule has 1 amide bonds. The summed E-state index contributed by atoms with van der Waals surface area (Å²) in [6.07, 6.45) is 1.94. The minimum Gasteiger partial charge on any atom is -0.486 e. The van der Waals surface area contributed by atoms with Crippen molar-refractivity contribution in [2.45, 2.75) is 25.0 Å². The van der Waals surface area contributed by atoms with Crippen LogP contribution in [0.2, 0.25) is 0 Å². The molecule has 0 aromatic heterocycles. The van der Waals surface area contributed by atoms with Gasteiger partial charge in [0, 0.05) is 13.7 Å². The lowest BCUT2D eigenvalue weighted by atomic mass is 10.1. The minimum atomic E-state index is -0.195. The van der Waals surface area contributed by atoms with Crippen molar-refractivity contribution in [3.63, 3.8) is 0 Å². The Balaban J connectivity index is 1.75. The summed E-state index contributed by atoms with van der Waals surface area (Å²) in [5.74, 6) is 0.925. The molecule has 120 valence electrons. The standard InChI is InChI=1S/C16H21NO5/c1-19-10-12(13-6-3-7-20-13)17-16(18)11-4-2-5-14-15(11)22-9-8-21-14/h2,4-5,12-13H,3,6-10H2,1H3,(H,17,18)/t12-,13-/m0/s1. The van der Waals surface area contributed by atoms with Crippen molar-refractivity contribution >= 4 is 5.91 Å². The maximum atomic E-state index is 12.6. The Bertz CT molecular complexity index is 527. The van der Waals surface area contributed by atoms with Crippen LogP contribution in [0.15, 0.2) is 18.2 Å². The molecule has 0 unspecified atom stereocenters. The molecule has 0 aliphatic carbocycles. The van der Waals surface area contributed by atoms with Gasteiger partial charge < -0.3 is 24.3 Å². The van der Waals surface area contributed by atoms with Crippen molar-refractivity contribution in [2.24, 2.45) is 0 Å². The second-order valence-electron chi connectivity index (χ2n) is 5.42. The number of methoxy groups -OCH3 is 1. The van der Waals surface area contributed by atoms with Gasteiger partial charge in [0.1, 0.15) is 13.2 Å². The Morgan fingerprint density at radius 3 is 3.00 bits per heavy atom. The molecule has 1 saturated heterocycles. The zero-order valence-electron chi connectivity index (χ0n) is 12.7. The van der Waals surface area contributed by atoms with E-state index in [9.17, 15) is 4.79 Å². The molecule has 1 aromatic carbocycles. The first kappa shape index (κ1) is 15.1. The van der Waals surface area contributed by atoms with Crippen LogP contribution in [0.3, 0.4) is 0 Å². The molecule has 0 radical (unpaired) electrons. The van der Waals surface area contributed by atoms with E-state index in [1.54, 1.807) is 25.3 Å². The second-order valence-corrected chi connectivity index (χ2v) is 5.42. The third kappa shape index (κ3) is 3.18. The fourth-order valence-corrected chi connectivity index (χ4v) is 2.84. The van der Waals surface area contributed by atoms with Gasteiger partial charge >= 0.3 is 0 Å². The molecule has 22 heavy (non-hydrogen) atoms. The van der Waals surface area contributed by atoms with E-state index < -0.39 is 0 Å². The largest absolute Gasteiger partial charge is 0.486 e. The van der Waals surface area contributed by atoms with E-state index in [4.69, 9.17) is 18.9 Å². The van der Waals surface area contributed by atoms with Crippen LogP contribution in [0, 0.1) is 0 Å². The van der Waals surface area contributed by atoms with Gasteiger partial charge in [0.05, 0.1) is 24.3 Å². The van der Waals surface area contributed by atoms with Gasteiger partial charge in [-0.15, -0.1) is 0 Å². The summed E-state index contributed by atoms with van der Waals surface area (Å²) >= 11 is 0. The molecule has 6 nitrogen and oxygen atoms in total. The molecule has 0 spiro atoms. The fraction of sp³-hybridized carbons (Fsp3) is 0.562. The number of rotatable bonds is 5. The summed E-state index contributed by atoms with van der Waals surface area (Å²) in [5.41, 5.74) is 0.483. The van der Waals surface area contributed by atoms with E-state index >= 15 is 0 Å². The Morgan fingerprint density at radius 2 is 2.23 bits per heavy atom. The smallest absolute Gasteiger partial charge is 0.255 e. The Morgan fingerprint density at radius 1 is 1.36 bits per heavy atom. The van der Waals surface area contributed by atoms with Crippen molar-refractivity contribution in [2.75, 3.05) is 33.5 Å². The van der Waals surface area contributed by atoms with Crippen LogP contribution < -0.4 is 14.8 Å². The predicted octanol–water partition coefficient (Wildman–Crippen LogP) is 1.38. The molecule has 0 bridgehead atoms. The van der Waals surface area contributed by atoms with Crippen LogP contribution in [0.4, 0.5) is 0 Å². The number of hydrogen-bond acceptors (Lipinski definition) is 5. The summed E-state index contributed by atoms with van der Waals surface area (Å²) < 4.78 is 22.0. The zero-order valence-corrected chi connectivity index (χ0v) is 12.7. The van der Waals surface area contributed by atoms with Crippen LogP contribution in [0.1, 0.15) is 23.2 Å². The van der Waals surface area contributed by atoms with Gasteiger partial charge in [0.25, 0.3) is 5.91 Å². The maximum absolute atomic E-state index is 12.6. The number of carbonyl (C=O) groups is 1. The van der Waals surface area contributed by atoms with Crippen molar-refractivity contribution in [1.29, 1.82) is 0 Å². The predicted molar refractivity (Wildman–Crippen MR) is 79.5 cm³/mol. The van der Waals surface area contributed by atoms with Crippen LogP contribution in [-0.2, 0) is 9.47 Å². The van der Waals surface area contributed by atoms with Gasteiger partial charge in [-0.05, 0) is 25.0 Å². The summed E-state index contributed by atoms with van der Waals surface area (Å²) in [6, 6.07) is 5.17. The van der Waals surface area contributed by atoms with E-state index in [1.165, 1.54) is 0 Å². The highest BCUT2D eigenvalue weighted by molar-refractivity contribution is 5.98. The van der Waals surface area contributed by atoms with Gasteiger partial charge in [-0.1, -0.05) is 6.07 Å². The first-order chi connectivity index (χ1) is 10.8. The Hall–Kier alpha value is -1.79. The summed E-state index contributed by atoms with van der Waals surface area (Å²) in [5, 5.41) is 3.00. The Kier molecular flexibility index (Phi) is 4.80. The van der Waals surface area contributed by atoms with E-state index in [-0.39, 0.29) is 18.1 Å². The monoisotopic (exact) mass is 307 g/mol. The molecule has 1 fully saturated rings. The van der Waals surface area contributed by atoms with E-state index in [0.29, 0.717) is 36.9 Å². The van der Waals surface area contributed by atoms with E-state index in [0.717, 1.165) is 19.4 Å². The number of carbonyl (C=O) groups excluding carboxylic acids is 1. The highest BCUT2D eigenvalue weighted by Gasteiger charge is 2.29. The van der Waals surface area contributed by atoms with Crippen LogP contribution in [-0.4, -0.2) is 51.6 Å². The Labute approximate surface area is 129 Å². The van der Waals surface area contributed by atoms with Crippen molar-refractivity contribution in [1.82, 2.24) is 5.32 Å². The minimum absolute atomic E-state index is 0.000562.